The smallest absolute Gasteiger partial charge is 0.232 e. The number of para-hydroxylation sites is 1. The van der Waals surface area contributed by atoms with Crippen LogP contribution in [0.2, 0.25) is 0 Å². The Bertz CT molecular complexity index is 1120. The minimum Gasteiger partial charge on any atom is -0.349 e. The van der Waals surface area contributed by atoms with Crippen LogP contribution in [0.1, 0.15) is 24.4 Å². The van der Waals surface area contributed by atoms with E-state index in [1.807, 2.05) is 43.3 Å². The van der Waals surface area contributed by atoms with Crippen LogP contribution in [0, 0.1) is 0 Å². The third kappa shape index (κ3) is 6.08. The van der Waals surface area contributed by atoms with E-state index in [0.29, 0.717) is 16.7 Å². The van der Waals surface area contributed by atoms with Crippen molar-refractivity contribution < 1.29 is 13.2 Å². The maximum absolute atomic E-state index is 12.3. The number of hydrogen-bond acceptors (Lipinski definition) is 6. The van der Waals surface area contributed by atoms with Crippen LogP contribution in [0.4, 0.5) is 5.69 Å². The largest absolute Gasteiger partial charge is 0.349 e. The molecule has 1 amide bonds. The molecule has 1 atom stereocenters. The fourth-order valence-corrected chi connectivity index (χ4v) is 4.57. The van der Waals surface area contributed by atoms with Gasteiger partial charge in [-0.1, -0.05) is 60.3 Å². The summed E-state index contributed by atoms with van der Waals surface area (Å²) in [6, 6.07) is 18.5. The first-order chi connectivity index (χ1) is 14.8. The summed E-state index contributed by atoms with van der Waals surface area (Å²) in [7, 11) is -1.75. The third-order valence-electron chi connectivity index (χ3n) is 4.66. The molecule has 3 rings (SSSR count). The van der Waals surface area contributed by atoms with Crippen molar-refractivity contribution in [1.29, 1.82) is 0 Å². The van der Waals surface area contributed by atoms with Crippen LogP contribution in [0.3, 0.4) is 0 Å². The maximum atomic E-state index is 12.3. The van der Waals surface area contributed by atoms with Crippen LogP contribution in [0.5, 0.6) is 0 Å². The van der Waals surface area contributed by atoms with Gasteiger partial charge in [0.15, 0.2) is 11.0 Å². The van der Waals surface area contributed by atoms with E-state index in [1.54, 1.807) is 35.9 Å². The highest BCUT2D eigenvalue weighted by atomic mass is 32.2. The monoisotopic (exact) mass is 459 g/mol. The van der Waals surface area contributed by atoms with Gasteiger partial charge in [0.25, 0.3) is 0 Å². The molecular weight excluding hydrogens is 434 g/mol. The van der Waals surface area contributed by atoms with Crippen molar-refractivity contribution in [2.24, 2.45) is 7.05 Å². The maximum Gasteiger partial charge on any atom is 0.232 e. The molecule has 1 aromatic heterocycles. The van der Waals surface area contributed by atoms with Crippen molar-refractivity contribution in [3.63, 3.8) is 0 Å². The van der Waals surface area contributed by atoms with Gasteiger partial charge in [0.2, 0.25) is 15.9 Å². The van der Waals surface area contributed by atoms with Gasteiger partial charge in [-0.2, -0.15) is 0 Å². The number of anilines is 1. The van der Waals surface area contributed by atoms with Gasteiger partial charge in [-0.3, -0.25) is 9.10 Å². The molecule has 0 saturated carbocycles. The van der Waals surface area contributed by atoms with Crippen molar-refractivity contribution >= 4 is 33.4 Å². The Kier molecular flexibility index (Phi) is 7.34. The first kappa shape index (κ1) is 22.8. The van der Waals surface area contributed by atoms with E-state index in [0.717, 1.165) is 11.8 Å². The lowest BCUT2D eigenvalue weighted by Gasteiger charge is -2.21. The lowest BCUT2D eigenvalue weighted by atomic mass is 10.1. The number of nitrogens with one attached hydrogen (secondary N) is 1. The predicted molar refractivity (Wildman–Crippen MR) is 122 cm³/mol. The summed E-state index contributed by atoms with van der Waals surface area (Å²) < 4.78 is 27.6. The second-order valence-electron chi connectivity index (χ2n) is 7.05. The number of carbonyl (C=O) groups is 1. The van der Waals surface area contributed by atoms with Crippen molar-refractivity contribution in [1.82, 2.24) is 20.1 Å². The molecule has 31 heavy (non-hydrogen) atoms. The van der Waals surface area contributed by atoms with Gasteiger partial charge in [-0.25, -0.2) is 8.42 Å². The molecule has 0 saturated heterocycles. The number of hydrogen-bond donors (Lipinski definition) is 1. The van der Waals surface area contributed by atoms with E-state index in [2.05, 4.69) is 15.5 Å². The second-order valence-corrected chi connectivity index (χ2v) is 9.90. The average Bonchev–Trinajstić information content (AvgIpc) is 3.10. The Hall–Kier alpha value is -2.85. The van der Waals surface area contributed by atoms with Crippen LogP contribution in [0.25, 0.3) is 0 Å². The number of benzene rings is 2. The molecule has 2 aromatic carbocycles. The molecule has 0 bridgehead atoms. The highest BCUT2D eigenvalue weighted by Crippen LogP contribution is 2.22. The van der Waals surface area contributed by atoms with Crippen molar-refractivity contribution in [2.75, 3.05) is 16.3 Å². The third-order valence-corrected chi connectivity index (χ3v) is 6.82. The quantitative estimate of drug-likeness (QED) is 0.494. The topological polar surface area (TPSA) is 97.2 Å². The lowest BCUT2D eigenvalue weighted by molar-refractivity contribution is -0.119. The van der Waals surface area contributed by atoms with Crippen LogP contribution < -0.4 is 9.62 Å². The van der Waals surface area contributed by atoms with Gasteiger partial charge in [0, 0.05) is 7.05 Å². The Balaban J connectivity index is 1.64. The average molecular weight is 460 g/mol. The number of amides is 1. The molecule has 0 fully saturated rings. The minimum atomic E-state index is -3.51. The van der Waals surface area contributed by atoms with Crippen molar-refractivity contribution in [2.45, 2.75) is 24.7 Å². The van der Waals surface area contributed by atoms with Crippen molar-refractivity contribution in [3.05, 3.63) is 72.1 Å². The van der Waals surface area contributed by atoms with Gasteiger partial charge in [-0.05, 0) is 24.6 Å². The van der Waals surface area contributed by atoms with E-state index in [-0.39, 0.29) is 24.2 Å². The van der Waals surface area contributed by atoms with Gasteiger partial charge in [0.1, 0.15) is 0 Å². The summed E-state index contributed by atoms with van der Waals surface area (Å²) in [5.41, 5.74) is 1.58. The summed E-state index contributed by atoms with van der Waals surface area (Å²) in [5, 5.41) is 11.8. The molecule has 10 heteroatoms. The van der Waals surface area contributed by atoms with Crippen LogP contribution in [-0.2, 0) is 28.4 Å². The van der Waals surface area contributed by atoms with Crippen LogP contribution >= 0.6 is 11.8 Å². The standard InChI is InChI=1S/C21H25N5O3S2/c1-16(17-10-6-4-7-11-17)22-20(27)15-30-21-24-23-19(25(21)2)14-26(31(3,28)29)18-12-8-5-9-13-18/h4-13,16H,14-15H2,1-3H3,(H,22,27)/t16-/m1/s1. The molecule has 1 heterocycles. The van der Waals surface area contributed by atoms with E-state index < -0.39 is 10.0 Å². The second kappa shape index (κ2) is 9.97. The highest BCUT2D eigenvalue weighted by Gasteiger charge is 2.21. The Labute approximate surface area is 186 Å². The first-order valence-corrected chi connectivity index (χ1v) is 12.5. The molecule has 3 aromatic rings. The summed E-state index contributed by atoms with van der Waals surface area (Å²) in [4.78, 5) is 12.3. The molecule has 0 aliphatic carbocycles. The van der Waals surface area contributed by atoms with E-state index in [4.69, 9.17) is 0 Å². The lowest BCUT2D eigenvalue weighted by Crippen LogP contribution is -2.30. The highest BCUT2D eigenvalue weighted by molar-refractivity contribution is 7.99. The normalized spacial score (nSPS) is 12.4. The van der Waals surface area contributed by atoms with E-state index in [9.17, 15) is 13.2 Å². The van der Waals surface area contributed by atoms with E-state index >= 15 is 0 Å². The van der Waals surface area contributed by atoms with Gasteiger partial charge in [-0.15, -0.1) is 10.2 Å². The number of carbonyl (C=O) groups excluding carboxylic acids is 1. The molecule has 0 unspecified atom stereocenters. The molecule has 0 aliphatic heterocycles. The van der Waals surface area contributed by atoms with Crippen LogP contribution in [-0.4, -0.2) is 41.1 Å². The van der Waals surface area contributed by atoms with Crippen LogP contribution in [0.15, 0.2) is 65.8 Å². The summed E-state index contributed by atoms with van der Waals surface area (Å²) in [6.07, 6.45) is 1.16. The predicted octanol–water partition coefficient (Wildman–Crippen LogP) is 2.75. The Morgan fingerprint density at radius 2 is 1.71 bits per heavy atom. The molecule has 1 N–H and O–H groups in total. The number of rotatable bonds is 9. The zero-order valence-electron chi connectivity index (χ0n) is 17.6. The molecule has 8 nitrogen and oxygen atoms in total. The molecule has 0 radical (unpaired) electrons. The van der Waals surface area contributed by atoms with Gasteiger partial charge < -0.3 is 9.88 Å². The summed E-state index contributed by atoms with van der Waals surface area (Å²) in [5.74, 6) is 0.542. The number of nitrogens with zero attached hydrogens (tertiary/aromatic N) is 4. The fraction of sp³-hybridized carbons (Fsp3) is 0.286. The SMILES string of the molecule is C[C@@H](NC(=O)CSc1nnc(CN(c2ccccc2)S(C)(=O)=O)n1C)c1ccccc1. The van der Waals surface area contributed by atoms with E-state index in [1.165, 1.54) is 16.1 Å². The van der Waals surface area contributed by atoms with Gasteiger partial charge in [0.05, 0.1) is 30.3 Å². The molecule has 0 aliphatic rings. The Morgan fingerprint density at radius 1 is 1.10 bits per heavy atom. The number of aromatic nitrogens is 3. The molecule has 164 valence electrons. The molecule has 0 spiro atoms. The molecular formula is C21H25N5O3S2. The number of sulfonamides is 1. The summed E-state index contributed by atoms with van der Waals surface area (Å²) >= 11 is 1.25. The zero-order chi connectivity index (χ0) is 22.4. The Morgan fingerprint density at radius 3 is 2.32 bits per heavy atom. The zero-order valence-corrected chi connectivity index (χ0v) is 19.2. The minimum absolute atomic E-state index is 0.0458. The number of thioether (sulfide) groups is 1. The fourth-order valence-electron chi connectivity index (χ4n) is 2.97. The van der Waals surface area contributed by atoms with Gasteiger partial charge >= 0.3 is 0 Å². The summed E-state index contributed by atoms with van der Waals surface area (Å²) in [6.45, 7) is 1.98. The first-order valence-electron chi connectivity index (χ1n) is 9.64. The van der Waals surface area contributed by atoms with Crippen molar-refractivity contribution in [3.8, 4) is 0 Å².